The first-order valence-corrected chi connectivity index (χ1v) is 11.0. The second kappa shape index (κ2) is 10.1. The van der Waals surface area contributed by atoms with E-state index in [0.29, 0.717) is 29.4 Å². The summed E-state index contributed by atoms with van der Waals surface area (Å²) in [6.07, 6.45) is 1.58. The number of ether oxygens (including phenoxy) is 1. The summed E-state index contributed by atoms with van der Waals surface area (Å²) in [6, 6.07) is 17.8. The van der Waals surface area contributed by atoms with Gasteiger partial charge in [0.05, 0.1) is 0 Å². The van der Waals surface area contributed by atoms with Crippen molar-refractivity contribution in [3.63, 3.8) is 0 Å². The van der Waals surface area contributed by atoms with Gasteiger partial charge in [-0.1, -0.05) is 24.3 Å². The monoisotopic (exact) mass is 458 g/mol. The van der Waals surface area contributed by atoms with Crippen molar-refractivity contribution in [3.05, 3.63) is 95.2 Å². The number of rotatable bonds is 8. The predicted octanol–water partition coefficient (Wildman–Crippen LogP) is 5.20. The molecule has 4 aromatic rings. The molecule has 0 saturated heterocycles. The minimum absolute atomic E-state index is 0.168. The lowest BCUT2D eigenvalue weighted by Gasteiger charge is -2.10. The number of anilines is 2. The highest BCUT2D eigenvalue weighted by Gasteiger charge is 2.15. The van der Waals surface area contributed by atoms with E-state index in [9.17, 15) is 9.59 Å². The topological polar surface area (TPSA) is 98.4 Å². The summed E-state index contributed by atoms with van der Waals surface area (Å²) in [7, 11) is 0. The average molecular weight is 459 g/mol. The Bertz CT molecular complexity index is 1300. The van der Waals surface area contributed by atoms with Gasteiger partial charge in [0, 0.05) is 24.1 Å². The van der Waals surface area contributed by atoms with Crippen LogP contribution in [0.2, 0.25) is 0 Å². The number of nitrogens with one attached hydrogen (secondary N) is 2. The zero-order chi connectivity index (χ0) is 24.1. The Hall–Kier alpha value is -4.33. The first-order valence-electron chi connectivity index (χ1n) is 11.0. The molecule has 0 aliphatic heterocycles. The van der Waals surface area contributed by atoms with Crippen molar-refractivity contribution in [1.29, 1.82) is 0 Å². The molecule has 0 unspecified atom stereocenters. The zero-order valence-corrected chi connectivity index (χ0v) is 19.3. The van der Waals surface area contributed by atoms with E-state index in [2.05, 4.69) is 15.7 Å². The van der Waals surface area contributed by atoms with Crippen molar-refractivity contribution in [2.24, 2.45) is 0 Å². The van der Waals surface area contributed by atoms with Crippen LogP contribution in [0.1, 0.15) is 44.9 Å². The SMILES string of the molecule is CCn1nccc1C(=O)Nc1cccc(NC(=O)c2ccc(COc3c(C)cccc3C)o2)c1. The third-order valence-corrected chi connectivity index (χ3v) is 5.28. The molecule has 0 radical (unpaired) electrons. The smallest absolute Gasteiger partial charge is 0.291 e. The molecule has 174 valence electrons. The van der Waals surface area contributed by atoms with Crippen LogP contribution in [0.4, 0.5) is 11.4 Å². The average Bonchev–Trinajstić information content (AvgIpc) is 3.49. The third kappa shape index (κ3) is 5.17. The van der Waals surface area contributed by atoms with Gasteiger partial charge in [-0.25, -0.2) is 0 Å². The van der Waals surface area contributed by atoms with E-state index in [1.807, 2.05) is 39.0 Å². The molecule has 0 bridgehead atoms. The summed E-state index contributed by atoms with van der Waals surface area (Å²) < 4.78 is 13.2. The third-order valence-electron chi connectivity index (χ3n) is 5.28. The molecule has 0 fully saturated rings. The van der Waals surface area contributed by atoms with Crippen LogP contribution in [0.15, 0.2) is 71.3 Å². The summed E-state index contributed by atoms with van der Waals surface area (Å²) >= 11 is 0. The number of para-hydroxylation sites is 1. The summed E-state index contributed by atoms with van der Waals surface area (Å²) in [5, 5.41) is 9.73. The maximum absolute atomic E-state index is 12.7. The van der Waals surface area contributed by atoms with Gasteiger partial charge in [0.2, 0.25) is 0 Å². The molecule has 34 heavy (non-hydrogen) atoms. The number of amides is 2. The number of hydrogen-bond acceptors (Lipinski definition) is 5. The highest BCUT2D eigenvalue weighted by molar-refractivity contribution is 6.05. The van der Waals surface area contributed by atoms with Crippen molar-refractivity contribution < 1.29 is 18.7 Å². The van der Waals surface area contributed by atoms with E-state index in [1.54, 1.807) is 53.3 Å². The van der Waals surface area contributed by atoms with Crippen LogP contribution in [0.25, 0.3) is 0 Å². The number of furan rings is 1. The molecule has 8 nitrogen and oxygen atoms in total. The first-order chi connectivity index (χ1) is 16.4. The van der Waals surface area contributed by atoms with E-state index >= 15 is 0 Å². The van der Waals surface area contributed by atoms with Gasteiger partial charge in [-0.15, -0.1) is 0 Å². The second-order valence-corrected chi connectivity index (χ2v) is 7.80. The maximum Gasteiger partial charge on any atom is 0.291 e. The van der Waals surface area contributed by atoms with E-state index in [-0.39, 0.29) is 18.3 Å². The molecule has 0 atom stereocenters. The standard InChI is InChI=1S/C26H26N4O4/c1-4-30-22(13-14-27-30)25(31)28-19-9-6-10-20(15-19)29-26(32)23-12-11-21(34-23)16-33-24-17(2)7-5-8-18(24)3/h5-15H,4,16H2,1-3H3,(H,28,31)(H,29,32). The number of benzene rings is 2. The van der Waals surface area contributed by atoms with Gasteiger partial charge in [0.15, 0.2) is 5.76 Å². The van der Waals surface area contributed by atoms with Crippen molar-refractivity contribution >= 4 is 23.2 Å². The van der Waals surface area contributed by atoms with Gasteiger partial charge in [-0.05, 0) is 68.3 Å². The predicted molar refractivity (Wildman–Crippen MR) is 129 cm³/mol. The fourth-order valence-corrected chi connectivity index (χ4v) is 3.59. The molecule has 2 aromatic heterocycles. The zero-order valence-electron chi connectivity index (χ0n) is 19.3. The molecule has 2 aromatic carbocycles. The Kier molecular flexibility index (Phi) is 6.77. The van der Waals surface area contributed by atoms with Crippen molar-refractivity contribution in [2.45, 2.75) is 33.9 Å². The van der Waals surface area contributed by atoms with E-state index < -0.39 is 5.91 Å². The number of nitrogens with zero attached hydrogens (tertiary/aromatic N) is 2. The maximum atomic E-state index is 12.7. The van der Waals surface area contributed by atoms with Gasteiger partial charge in [0.1, 0.15) is 23.8 Å². The number of hydrogen-bond donors (Lipinski definition) is 2. The van der Waals surface area contributed by atoms with E-state index in [4.69, 9.17) is 9.15 Å². The number of carbonyl (C=O) groups is 2. The van der Waals surface area contributed by atoms with Crippen molar-refractivity contribution in [3.8, 4) is 5.75 Å². The Labute approximate surface area is 197 Å². The van der Waals surface area contributed by atoms with Crippen LogP contribution >= 0.6 is 0 Å². The highest BCUT2D eigenvalue weighted by Crippen LogP contribution is 2.24. The highest BCUT2D eigenvalue weighted by atomic mass is 16.5. The van der Waals surface area contributed by atoms with Crippen LogP contribution < -0.4 is 15.4 Å². The Morgan fingerprint density at radius 2 is 1.62 bits per heavy atom. The van der Waals surface area contributed by atoms with E-state index in [0.717, 1.165) is 16.9 Å². The lowest BCUT2D eigenvalue weighted by molar-refractivity contribution is 0.0990. The number of carbonyl (C=O) groups excluding carboxylic acids is 2. The fraction of sp³-hybridized carbons (Fsp3) is 0.192. The van der Waals surface area contributed by atoms with Crippen LogP contribution in [-0.4, -0.2) is 21.6 Å². The normalized spacial score (nSPS) is 10.7. The summed E-state index contributed by atoms with van der Waals surface area (Å²) in [6.45, 7) is 6.69. The van der Waals surface area contributed by atoms with E-state index in [1.165, 1.54) is 0 Å². The molecule has 4 rings (SSSR count). The molecular formula is C26H26N4O4. The molecular weight excluding hydrogens is 432 g/mol. The minimum atomic E-state index is -0.397. The van der Waals surface area contributed by atoms with Gasteiger partial charge in [-0.2, -0.15) is 5.10 Å². The Morgan fingerprint density at radius 1 is 0.941 bits per heavy atom. The summed E-state index contributed by atoms with van der Waals surface area (Å²) in [4.78, 5) is 25.2. The second-order valence-electron chi connectivity index (χ2n) is 7.80. The quantitative estimate of drug-likeness (QED) is 0.378. The minimum Gasteiger partial charge on any atom is -0.485 e. The summed E-state index contributed by atoms with van der Waals surface area (Å²) in [5.41, 5.74) is 3.61. The molecule has 0 aliphatic carbocycles. The molecule has 2 amide bonds. The molecule has 0 saturated carbocycles. The van der Waals surface area contributed by atoms with Gasteiger partial charge in [0.25, 0.3) is 11.8 Å². The van der Waals surface area contributed by atoms with Crippen LogP contribution in [0.3, 0.4) is 0 Å². The molecule has 0 spiro atoms. The number of aromatic nitrogens is 2. The van der Waals surface area contributed by atoms with Crippen molar-refractivity contribution in [1.82, 2.24) is 9.78 Å². The lowest BCUT2D eigenvalue weighted by atomic mass is 10.1. The number of aryl methyl sites for hydroxylation is 3. The van der Waals surface area contributed by atoms with Crippen molar-refractivity contribution in [2.75, 3.05) is 10.6 Å². The van der Waals surface area contributed by atoms with Gasteiger partial charge >= 0.3 is 0 Å². The molecule has 0 aliphatic rings. The Morgan fingerprint density at radius 3 is 2.32 bits per heavy atom. The first kappa shape index (κ1) is 22.8. The lowest BCUT2D eigenvalue weighted by Crippen LogP contribution is -2.17. The van der Waals surface area contributed by atoms with Crippen LogP contribution in [-0.2, 0) is 13.2 Å². The van der Waals surface area contributed by atoms with Gasteiger partial charge in [-0.3, -0.25) is 14.3 Å². The molecule has 8 heteroatoms. The molecule has 2 heterocycles. The van der Waals surface area contributed by atoms with Crippen LogP contribution in [0, 0.1) is 13.8 Å². The fourth-order valence-electron chi connectivity index (χ4n) is 3.59. The Balaban J connectivity index is 1.38. The van der Waals surface area contributed by atoms with Crippen LogP contribution in [0.5, 0.6) is 5.75 Å². The van der Waals surface area contributed by atoms with Gasteiger partial charge < -0.3 is 19.8 Å². The molecule has 2 N–H and O–H groups in total. The largest absolute Gasteiger partial charge is 0.485 e. The summed E-state index contributed by atoms with van der Waals surface area (Å²) in [5.74, 6) is 0.849.